The molecule has 4 nitrogen and oxygen atoms in total. The topological polar surface area (TPSA) is 47.6 Å². The maximum atomic E-state index is 11.6. The monoisotopic (exact) mass is 291 g/mol. The van der Waals surface area contributed by atoms with Gasteiger partial charge in [-0.05, 0) is 64.2 Å². The molecule has 1 aromatic carbocycles. The minimum atomic E-state index is -0.469. The number of alkyl carbamates (subject to hydrolysis) is 1. The molecule has 2 rings (SSSR count). The molecular formula is C17H25NO3. The second-order valence-corrected chi connectivity index (χ2v) is 6.52. The Hall–Kier alpha value is -1.71. The summed E-state index contributed by atoms with van der Waals surface area (Å²) in [6.07, 6.45) is 4.82. The molecule has 1 N–H and O–H groups in total. The lowest BCUT2D eigenvalue weighted by Gasteiger charge is -2.19. The van der Waals surface area contributed by atoms with E-state index in [1.54, 1.807) is 0 Å². The highest BCUT2D eigenvalue weighted by Gasteiger charge is 2.17. The summed E-state index contributed by atoms with van der Waals surface area (Å²) in [4.78, 5) is 11.6. The summed E-state index contributed by atoms with van der Waals surface area (Å²) >= 11 is 0. The fourth-order valence-corrected chi connectivity index (χ4v) is 2.37. The van der Waals surface area contributed by atoms with E-state index in [4.69, 9.17) is 9.47 Å². The third-order valence-electron chi connectivity index (χ3n) is 3.36. The smallest absolute Gasteiger partial charge is 0.407 e. The molecule has 1 aliphatic rings. The number of carbonyl (C=O) groups is 1. The molecule has 0 saturated heterocycles. The van der Waals surface area contributed by atoms with Crippen LogP contribution in [0, 0.1) is 0 Å². The van der Waals surface area contributed by atoms with Crippen LogP contribution in [0.25, 0.3) is 0 Å². The van der Waals surface area contributed by atoms with E-state index in [1.165, 1.54) is 12.8 Å². The van der Waals surface area contributed by atoms with Gasteiger partial charge >= 0.3 is 6.09 Å². The molecule has 1 fully saturated rings. The second kappa shape index (κ2) is 6.83. The summed E-state index contributed by atoms with van der Waals surface area (Å²) in [5.74, 6) is 0.905. The molecule has 0 radical (unpaired) electrons. The van der Waals surface area contributed by atoms with Crippen LogP contribution in [-0.2, 0) is 11.3 Å². The quantitative estimate of drug-likeness (QED) is 0.911. The molecule has 0 unspecified atom stereocenters. The summed E-state index contributed by atoms with van der Waals surface area (Å²) in [5, 5.41) is 2.75. The number of amides is 1. The van der Waals surface area contributed by atoms with Crippen molar-refractivity contribution in [1.82, 2.24) is 5.32 Å². The van der Waals surface area contributed by atoms with Gasteiger partial charge in [0.15, 0.2) is 0 Å². The van der Waals surface area contributed by atoms with Crippen LogP contribution in [0.2, 0.25) is 0 Å². The van der Waals surface area contributed by atoms with Crippen molar-refractivity contribution in [2.45, 2.75) is 64.7 Å². The van der Waals surface area contributed by atoms with Crippen LogP contribution in [0.1, 0.15) is 52.0 Å². The largest absolute Gasteiger partial charge is 0.490 e. The van der Waals surface area contributed by atoms with E-state index in [2.05, 4.69) is 5.32 Å². The highest BCUT2D eigenvalue weighted by molar-refractivity contribution is 5.67. The molecule has 0 spiro atoms. The Bertz CT molecular complexity index is 456. The summed E-state index contributed by atoms with van der Waals surface area (Å²) in [5.41, 5.74) is 0.558. The van der Waals surface area contributed by atoms with Crippen LogP contribution in [0.15, 0.2) is 24.3 Å². The summed E-state index contributed by atoms with van der Waals surface area (Å²) in [6, 6.07) is 7.87. The number of benzene rings is 1. The van der Waals surface area contributed by atoms with E-state index >= 15 is 0 Å². The summed E-state index contributed by atoms with van der Waals surface area (Å²) in [7, 11) is 0. The van der Waals surface area contributed by atoms with Gasteiger partial charge < -0.3 is 14.8 Å². The fraction of sp³-hybridized carbons (Fsp3) is 0.588. The third-order valence-corrected chi connectivity index (χ3v) is 3.36. The van der Waals surface area contributed by atoms with Crippen molar-refractivity contribution < 1.29 is 14.3 Å². The molecule has 1 amide bonds. The SMILES string of the molecule is CC(C)(C)OC(=O)NCc1ccc(OC2CCCC2)cc1. The predicted octanol–water partition coefficient (Wildman–Crippen LogP) is 4.03. The van der Waals surface area contributed by atoms with Crippen LogP contribution in [0.4, 0.5) is 4.79 Å². The first kappa shape index (κ1) is 15.7. The summed E-state index contributed by atoms with van der Waals surface area (Å²) in [6.45, 7) is 6.00. The Kier molecular flexibility index (Phi) is 5.10. The van der Waals surface area contributed by atoms with E-state index in [0.29, 0.717) is 12.6 Å². The molecule has 0 atom stereocenters. The molecule has 0 aliphatic heterocycles. The highest BCUT2D eigenvalue weighted by atomic mass is 16.6. The van der Waals surface area contributed by atoms with Crippen molar-refractivity contribution >= 4 is 6.09 Å². The lowest BCUT2D eigenvalue weighted by atomic mass is 10.2. The Labute approximate surface area is 126 Å². The van der Waals surface area contributed by atoms with Gasteiger partial charge in [-0.15, -0.1) is 0 Å². The third kappa shape index (κ3) is 5.66. The number of nitrogens with one attached hydrogen (secondary N) is 1. The minimum Gasteiger partial charge on any atom is -0.490 e. The molecule has 1 saturated carbocycles. The zero-order valence-corrected chi connectivity index (χ0v) is 13.1. The van der Waals surface area contributed by atoms with E-state index < -0.39 is 11.7 Å². The van der Waals surface area contributed by atoms with E-state index in [-0.39, 0.29) is 0 Å². The second-order valence-electron chi connectivity index (χ2n) is 6.52. The molecule has 0 aromatic heterocycles. The van der Waals surface area contributed by atoms with Gasteiger partial charge in [-0.1, -0.05) is 12.1 Å². The highest BCUT2D eigenvalue weighted by Crippen LogP contribution is 2.24. The average molecular weight is 291 g/mol. The average Bonchev–Trinajstić information content (AvgIpc) is 2.89. The van der Waals surface area contributed by atoms with E-state index in [1.807, 2.05) is 45.0 Å². The first-order chi connectivity index (χ1) is 9.92. The van der Waals surface area contributed by atoms with Gasteiger partial charge in [-0.3, -0.25) is 0 Å². The lowest BCUT2D eigenvalue weighted by molar-refractivity contribution is 0.0523. The van der Waals surface area contributed by atoms with Gasteiger partial charge in [0.25, 0.3) is 0 Å². The maximum absolute atomic E-state index is 11.6. The minimum absolute atomic E-state index is 0.371. The molecule has 1 aromatic rings. The zero-order chi connectivity index (χ0) is 15.3. The maximum Gasteiger partial charge on any atom is 0.407 e. The normalized spacial score (nSPS) is 15.8. The molecule has 0 bridgehead atoms. The van der Waals surface area contributed by atoms with Gasteiger partial charge in [0.1, 0.15) is 11.4 Å². The predicted molar refractivity (Wildman–Crippen MR) is 82.4 cm³/mol. The lowest BCUT2D eigenvalue weighted by Crippen LogP contribution is -2.32. The first-order valence-electron chi connectivity index (χ1n) is 7.65. The van der Waals surface area contributed by atoms with Gasteiger partial charge in [-0.2, -0.15) is 0 Å². The van der Waals surface area contributed by atoms with Crippen molar-refractivity contribution in [2.24, 2.45) is 0 Å². The van der Waals surface area contributed by atoms with E-state index in [9.17, 15) is 4.79 Å². The van der Waals surface area contributed by atoms with Crippen molar-refractivity contribution in [2.75, 3.05) is 0 Å². The molecule has 0 heterocycles. The number of ether oxygens (including phenoxy) is 2. The van der Waals surface area contributed by atoms with Crippen LogP contribution in [0.5, 0.6) is 5.75 Å². The number of hydrogen-bond acceptors (Lipinski definition) is 3. The van der Waals surface area contributed by atoms with Crippen molar-refractivity contribution in [3.05, 3.63) is 29.8 Å². The first-order valence-corrected chi connectivity index (χ1v) is 7.65. The molecule has 1 aliphatic carbocycles. The Morgan fingerprint density at radius 3 is 2.38 bits per heavy atom. The molecular weight excluding hydrogens is 266 g/mol. The van der Waals surface area contributed by atoms with Gasteiger partial charge in [0, 0.05) is 6.54 Å². The van der Waals surface area contributed by atoms with Gasteiger partial charge in [-0.25, -0.2) is 4.79 Å². The molecule has 4 heteroatoms. The standard InChI is InChI=1S/C17H25NO3/c1-17(2,3)21-16(19)18-12-13-8-10-15(11-9-13)20-14-6-4-5-7-14/h8-11,14H,4-7,12H2,1-3H3,(H,18,19). The van der Waals surface area contributed by atoms with Crippen LogP contribution in [0.3, 0.4) is 0 Å². The molecule has 116 valence electrons. The summed E-state index contributed by atoms with van der Waals surface area (Å²) < 4.78 is 11.1. The van der Waals surface area contributed by atoms with Crippen LogP contribution in [-0.4, -0.2) is 17.8 Å². The number of carbonyl (C=O) groups excluding carboxylic acids is 1. The van der Waals surface area contributed by atoms with Crippen molar-refractivity contribution in [1.29, 1.82) is 0 Å². The van der Waals surface area contributed by atoms with Crippen LogP contribution < -0.4 is 10.1 Å². The number of rotatable bonds is 4. The van der Waals surface area contributed by atoms with E-state index in [0.717, 1.165) is 24.2 Å². The fourth-order valence-electron chi connectivity index (χ4n) is 2.37. The number of hydrogen-bond donors (Lipinski definition) is 1. The van der Waals surface area contributed by atoms with Crippen molar-refractivity contribution in [3.63, 3.8) is 0 Å². The van der Waals surface area contributed by atoms with Crippen molar-refractivity contribution in [3.8, 4) is 5.75 Å². The zero-order valence-electron chi connectivity index (χ0n) is 13.1. The van der Waals surface area contributed by atoms with Crippen LogP contribution >= 0.6 is 0 Å². The van der Waals surface area contributed by atoms with Gasteiger partial charge in [0.05, 0.1) is 6.10 Å². The molecule has 21 heavy (non-hydrogen) atoms. The van der Waals surface area contributed by atoms with Gasteiger partial charge in [0.2, 0.25) is 0 Å². The Morgan fingerprint density at radius 2 is 1.81 bits per heavy atom. The Morgan fingerprint density at radius 1 is 1.19 bits per heavy atom. The Balaban J connectivity index is 1.78.